The number of hydrogen-bond acceptors (Lipinski definition) is 4. The smallest absolute Gasteiger partial charge is 0.223 e. The summed E-state index contributed by atoms with van der Waals surface area (Å²) in [7, 11) is 0. The summed E-state index contributed by atoms with van der Waals surface area (Å²) >= 11 is 0. The van der Waals surface area contributed by atoms with Gasteiger partial charge in [0.25, 0.3) is 0 Å². The van der Waals surface area contributed by atoms with E-state index in [1.165, 1.54) is 11.1 Å². The summed E-state index contributed by atoms with van der Waals surface area (Å²) in [4.78, 5) is 21.2. The Morgan fingerprint density at radius 2 is 1.96 bits per heavy atom. The van der Waals surface area contributed by atoms with Crippen molar-refractivity contribution in [1.82, 2.24) is 20.1 Å². The zero-order valence-corrected chi connectivity index (χ0v) is 14.7. The Labute approximate surface area is 142 Å². The van der Waals surface area contributed by atoms with Crippen molar-refractivity contribution in [3.8, 4) is 0 Å². The van der Waals surface area contributed by atoms with E-state index in [4.69, 9.17) is 0 Å². The third-order valence-corrected chi connectivity index (χ3v) is 4.78. The monoisotopic (exact) mass is 327 g/mol. The molecule has 3 heterocycles. The van der Waals surface area contributed by atoms with Crippen molar-refractivity contribution in [3.05, 3.63) is 40.8 Å². The molecular formula is C18H25N5O. The Balaban J connectivity index is 1.53. The molecule has 128 valence electrons. The van der Waals surface area contributed by atoms with E-state index in [1.54, 1.807) is 0 Å². The summed E-state index contributed by atoms with van der Waals surface area (Å²) in [6.45, 7) is 9.28. The van der Waals surface area contributed by atoms with Crippen LogP contribution < -0.4 is 4.90 Å². The molecule has 0 unspecified atom stereocenters. The second-order valence-electron chi connectivity index (χ2n) is 6.42. The van der Waals surface area contributed by atoms with Gasteiger partial charge in [-0.3, -0.25) is 9.89 Å². The van der Waals surface area contributed by atoms with Crippen molar-refractivity contribution in [1.29, 1.82) is 0 Å². The number of H-pyrrole nitrogens is 1. The summed E-state index contributed by atoms with van der Waals surface area (Å²) in [6.07, 6.45) is 3.13. The zero-order chi connectivity index (χ0) is 17.1. The molecule has 2 aromatic rings. The number of aryl methyl sites for hydroxylation is 3. The van der Waals surface area contributed by atoms with E-state index in [9.17, 15) is 4.79 Å². The van der Waals surface area contributed by atoms with Gasteiger partial charge >= 0.3 is 0 Å². The summed E-state index contributed by atoms with van der Waals surface area (Å²) in [5, 5.41) is 7.18. The van der Waals surface area contributed by atoms with E-state index in [1.807, 2.05) is 31.0 Å². The van der Waals surface area contributed by atoms with Gasteiger partial charge in [0, 0.05) is 44.5 Å². The Kier molecular flexibility index (Phi) is 4.83. The molecule has 2 aromatic heterocycles. The molecule has 1 amide bonds. The molecule has 1 aliphatic heterocycles. The van der Waals surface area contributed by atoms with Gasteiger partial charge in [-0.15, -0.1) is 0 Å². The first-order valence-electron chi connectivity index (χ1n) is 8.51. The van der Waals surface area contributed by atoms with E-state index in [0.717, 1.165) is 49.8 Å². The summed E-state index contributed by atoms with van der Waals surface area (Å²) in [6, 6.07) is 4.04. The Bertz CT molecular complexity index is 696. The topological polar surface area (TPSA) is 65.1 Å². The molecule has 0 bridgehead atoms. The Hall–Kier alpha value is -2.37. The highest BCUT2D eigenvalue weighted by atomic mass is 16.2. The predicted octanol–water partition coefficient (Wildman–Crippen LogP) is 2.01. The lowest BCUT2D eigenvalue weighted by Crippen LogP contribution is -2.49. The van der Waals surface area contributed by atoms with Crippen molar-refractivity contribution in [2.45, 2.75) is 33.6 Å². The molecule has 0 radical (unpaired) electrons. The van der Waals surface area contributed by atoms with Crippen molar-refractivity contribution in [2.75, 3.05) is 31.1 Å². The van der Waals surface area contributed by atoms with E-state index < -0.39 is 0 Å². The minimum atomic E-state index is 0.229. The van der Waals surface area contributed by atoms with Crippen molar-refractivity contribution in [2.24, 2.45) is 0 Å². The number of carbonyl (C=O) groups excluding carboxylic acids is 1. The number of rotatable bonds is 4. The van der Waals surface area contributed by atoms with Gasteiger partial charge in [-0.1, -0.05) is 6.07 Å². The average Bonchev–Trinajstić information content (AvgIpc) is 2.91. The molecule has 0 aromatic carbocycles. The normalized spacial score (nSPS) is 15.0. The van der Waals surface area contributed by atoms with Crippen molar-refractivity contribution >= 4 is 11.7 Å². The number of amides is 1. The van der Waals surface area contributed by atoms with Crippen molar-refractivity contribution in [3.63, 3.8) is 0 Å². The van der Waals surface area contributed by atoms with E-state index in [-0.39, 0.29) is 5.91 Å². The highest BCUT2D eigenvalue weighted by Gasteiger charge is 2.22. The van der Waals surface area contributed by atoms with Crippen LogP contribution in [0.1, 0.15) is 28.9 Å². The molecule has 6 nitrogen and oxygen atoms in total. The molecule has 6 heteroatoms. The standard InChI is InChI=1S/C18H25N5O/c1-13-5-4-8-19-18(13)23-11-9-22(10-12-23)17(24)7-6-16-14(2)20-21-15(16)3/h4-5,8H,6-7,9-12H2,1-3H3,(H,20,21). The number of aromatic amines is 1. The van der Waals surface area contributed by atoms with Gasteiger partial charge in [-0.25, -0.2) is 4.98 Å². The average molecular weight is 327 g/mol. The molecule has 0 spiro atoms. The number of anilines is 1. The minimum Gasteiger partial charge on any atom is -0.353 e. The van der Waals surface area contributed by atoms with Crippen molar-refractivity contribution < 1.29 is 4.79 Å². The number of aromatic nitrogens is 3. The number of carbonyl (C=O) groups is 1. The van der Waals surface area contributed by atoms with E-state index >= 15 is 0 Å². The molecular weight excluding hydrogens is 302 g/mol. The third-order valence-electron chi connectivity index (χ3n) is 4.78. The van der Waals surface area contributed by atoms with Gasteiger partial charge in [0.05, 0.1) is 5.69 Å². The summed E-state index contributed by atoms with van der Waals surface area (Å²) in [5.74, 6) is 1.27. The zero-order valence-electron chi connectivity index (χ0n) is 14.7. The summed E-state index contributed by atoms with van der Waals surface area (Å²) in [5.41, 5.74) is 4.42. The van der Waals surface area contributed by atoms with Crippen LogP contribution >= 0.6 is 0 Å². The lowest BCUT2D eigenvalue weighted by atomic mass is 10.1. The highest BCUT2D eigenvalue weighted by molar-refractivity contribution is 5.77. The molecule has 0 saturated carbocycles. The lowest BCUT2D eigenvalue weighted by molar-refractivity contribution is -0.131. The lowest BCUT2D eigenvalue weighted by Gasteiger charge is -2.36. The van der Waals surface area contributed by atoms with Crippen LogP contribution in [0.2, 0.25) is 0 Å². The maximum absolute atomic E-state index is 12.5. The van der Waals surface area contributed by atoms with Crippen LogP contribution in [0.15, 0.2) is 18.3 Å². The molecule has 0 aliphatic carbocycles. The van der Waals surface area contributed by atoms with Gasteiger partial charge in [0.2, 0.25) is 5.91 Å². The molecule has 0 atom stereocenters. The van der Waals surface area contributed by atoms with Gasteiger partial charge in [-0.05, 0) is 44.4 Å². The second kappa shape index (κ2) is 7.03. The van der Waals surface area contributed by atoms with Crippen LogP contribution in [-0.4, -0.2) is 52.2 Å². The minimum absolute atomic E-state index is 0.229. The van der Waals surface area contributed by atoms with Gasteiger partial charge in [-0.2, -0.15) is 5.10 Å². The molecule has 1 fully saturated rings. The maximum atomic E-state index is 12.5. The fraction of sp³-hybridized carbons (Fsp3) is 0.500. The molecule has 1 saturated heterocycles. The van der Waals surface area contributed by atoms with Crippen LogP contribution in [0.3, 0.4) is 0 Å². The van der Waals surface area contributed by atoms with E-state index in [2.05, 4.69) is 33.1 Å². The quantitative estimate of drug-likeness (QED) is 0.933. The molecule has 1 N–H and O–H groups in total. The Morgan fingerprint density at radius 3 is 2.58 bits per heavy atom. The Morgan fingerprint density at radius 1 is 1.21 bits per heavy atom. The summed E-state index contributed by atoms with van der Waals surface area (Å²) < 4.78 is 0. The van der Waals surface area contributed by atoms with Crippen LogP contribution in [0.25, 0.3) is 0 Å². The predicted molar refractivity (Wildman–Crippen MR) is 94.1 cm³/mol. The van der Waals surface area contributed by atoms with Gasteiger partial charge in [0.1, 0.15) is 5.82 Å². The number of nitrogens with one attached hydrogen (secondary N) is 1. The largest absolute Gasteiger partial charge is 0.353 e. The number of nitrogens with zero attached hydrogens (tertiary/aromatic N) is 4. The highest BCUT2D eigenvalue weighted by Crippen LogP contribution is 2.18. The van der Waals surface area contributed by atoms with Gasteiger partial charge < -0.3 is 9.80 Å². The van der Waals surface area contributed by atoms with E-state index in [0.29, 0.717) is 6.42 Å². The van der Waals surface area contributed by atoms with Crippen LogP contribution in [0.5, 0.6) is 0 Å². The number of hydrogen-bond donors (Lipinski definition) is 1. The molecule has 24 heavy (non-hydrogen) atoms. The maximum Gasteiger partial charge on any atom is 0.223 e. The SMILES string of the molecule is Cc1cccnc1N1CCN(C(=O)CCc2c(C)n[nH]c2C)CC1. The van der Waals surface area contributed by atoms with Crippen LogP contribution in [0.4, 0.5) is 5.82 Å². The first kappa shape index (κ1) is 16.5. The second-order valence-corrected chi connectivity index (χ2v) is 6.42. The van der Waals surface area contributed by atoms with Crippen LogP contribution in [-0.2, 0) is 11.2 Å². The third kappa shape index (κ3) is 3.42. The fourth-order valence-corrected chi connectivity index (χ4v) is 3.31. The first-order valence-corrected chi connectivity index (χ1v) is 8.51. The fourth-order valence-electron chi connectivity index (χ4n) is 3.31. The number of piperazine rings is 1. The van der Waals surface area contributed by atoms with Crippen LogP contribution in [0, 0.1) is 20.8 Å². The molecule has 3 rings (SSSR count). The number of pyridine rings is 1. The van der Waals surface area contributed by atoms with Gasteiger partial charge in [0.15, 0.2) is 0 Å². The first-order chi connectivity index (χ1) is 11.6. The molecule has 1 aliphatic rings.